The molecule has 1 fully saturated rings. The molecule has 1 aromatic heterocycles. The Hall–Kier alpha value is -3.62. The average molecular weight is 413 g/mol. The van der Waals surface area contributed by atoms with E-state index in [4.69, 9.17) is 0 Å². The minimum Gasteiger partial charge on any atom is -0.360 e. The van der Waals surface area contributed by atoms with Gasteiger partial charge in [0.25, 0.3) is 11.6 Å². The van der Waals surface area contributed by atoms with Crippen molar-refractivity contribution in [2.45, 2.75) is 12.8 Å². The summed E-state index contributed by atoms with van der Waals surface area (Å²) in [5.41, 5.74) is 0.534. The maximum Gasteiger partial charge on any atom is 0.270 e. The number of nitro groups is 1. The number of non-ortho nitro benzene ring substituents is 1. The van der Waals surface area contributed by atoms with E-state index >= 15 is 0 Å². The fourth-order valence-electron chi connectivity index (χ4n) is 3.82. The van der Waals surface area contributed by atoms with E-state index in [9.17, 15) is 28.5 Å². The normalized spacial score (nSPS) is 14.8. The van der Waals surface area contributed by atoms with Gasteiger partial charge in [0, 0.05) is 48.2 Å². The molecule has 2 aromatic carbocycles. The predicted octanol–water partition coefficient (Wildman–Crippen LogP) is 4.09. The summed E-state index contributed by atoms with van der Waals surface area (Å²) in [5, 5.41) is 11.5. The number of ketones is 1. The molecule has 0 saturated carbocycles. The first-order valence-corrected chi connectivity index (χ1v) is 9.39. The van der Waals surface area contributed by atoms with Gasteiger partial charge >= 0.3 is 0 Å². The largest absolute Gasteiger partial charge is 0.360 e. The van der Waals surface area contributed by atoms with Crippen LogP contribution in [0.4, 0.5) is 14.5 Å². The second-order valence-corrected chi connectivity index (χ2v) is 7.24. The highest BCUT2D eigenvalue weighted by atomic mass is 19.1. The minimum atomic E-state index is -0.764. The van der Waals surface area contributed by atoms with Crippen LogP contribution in [-0.2, 0) is 0 Å². The van der Waals surface area contributed by atoms with Gasteiger partial charge in [0.1, 0.15) is 11.6 Å². The number of piperidine rings is 1. The maximum absolute atomic E-state index is 13.9. The number of likely N-dealkylation sites (tertiary alicyclic amines) is 1. The molecule has 30 heavy (non-hydrogen) atoms. The average Bonchev–Trinajstić information content (AvgIpc) is 3.17. The van der Waals surface area contributed by atoms with Crippen molar-refractivity contribution in [3.8, 4) is 0 Å². The maximum atomic E-state index is 13.9. The van der Waals surface area contributed by atoms with Gasteiger partial charge in [0.05, 0.1) is 16.1 Å². The van der Waals surface area contributed by atoms with Crippen molar-refractivity contribution >= 4 is 28.3 Å². The lowest BCUT2D eigenvalue weighted by Crippen LogP contribution is -2.40. The summed E-state index contributed by atoms with van der Waals surface area (Å²) in [6.07, 6.45) is 2.15. The van der Waals surface area contributed by atoms with Gasteiger partial charge in [-0.1, -0.05) is 0 Å². The van der Waals surface area contributed by atoms with E-state index in [0.29, 0.717) is 29.3 Å². The number of hydrogen-bond acceptors (Lipinski definition) is 4. The Labute approximate surface area is 169 Å². The Bertz CT molecular complexity index is 1170. The number of amides is 1. The number of halogens is 2. The molecule has 0 radical (unpaired) electrons. The van der Waals surface area contributed by atoms with E-state index in [-0.39, 0.29) is 30.2 Å². The number of rotatable bonds is 4. The smallest absolute Gasteiger partial charge is 0.270 e. The van der Waals surface area contributed by atoms with Gasteiger partial charge in [-0.05, 0) is 37.1 Å². The number of nitro benzene ring substituents is 1. The monoisotopic (exact) mass is 413 g/mol. The molecule has 1 aliphatic rings. The molecule has 1 amide bonds. The summed E-state index contributed by atoms with van der Waals surface area (Å²) in [6.45, 7) is 0.543. The van der Waals surface area contributed by atoms with E-state index in [1.54, 1.807) is 11.0 Å². The molecule has 1 aliphatic heterocycles. The summed E-state index contributed by atoms with van der Waals surface area (Å²) in [4.78, 5) is 40.5. The zero-order valence-corrected chi connectivity index (χ0v) is 15.7. The van der Waals surface area contributed by atoms with Crippen molar-refractivity contribution in [2.24, 2.45) is 5.92 Å². The molecule has 0 bridgehead atoms. The molecular formula is C21H17F2N3O4. The van der Waals surface area contributed by atoms with Gasteiger partial charge in [-0.25, -0.2) is 8.78 Å². The molecule has 0 atom stereocenters. The minimum absolute atomic E-state index is 0.113. The highest BCUT2D eigenvalue weighted by Crippen LogP contribution is 2.28. The Morgan fingerprint density at radius 2 is 1.80 bits per heavy atom. The number of fused-ring (bicyclic) bond motifs is 1. The van der Waals surface area contributed by atoms with Gasteiger partial charge in [-0.15, -0.1) is 0 Å². The number of nitrogens with zero attached hydrogens (tertiary/aromatic N) is 2. The van der Waals surface area contributed by atoms with E-state index in [1.165, 1.54) is 18.3 Å². The van der Waals surface area contributed by atoms with Crippen molar-refractivity contribution in [1.29, 1.82) is 0 Å². The predicted molar refractivity (Wildman–Crippen MR) is 104 cm³/mol. The molecule has 154 valence electrons. The van der Waals surface area contributed by atoms with Crippen LogP contribution in [-0.4, -0.2) is 39.6 Å². The molecule has 1 saturated heterocycles. The summed E-state index contributed by atoms with van der Waals surface area (Å²) in [7, 11) is 0. The first-order valence-electron chi connectivity index (χ1n) is 9.39. The Kier molecular flexibility index (Phi) is 5.03. The summed E-state index contributed by atoms with van der Waals surface area (Å²) < 4.78 is 27.3. The molecule has 1 N–H and O–H groups in total. The summed E-state index contributed by atoms with van der Waals surface area (Å²) >= 11 is 0. The highest BCUT2D eigenvalue weighted by molar-refractivity contribution is 6.07. The van der Waals surface area contributed by atoms with Crippen molar-refractivity contribution < 1.29 is 23.3 Å². The molecule has 4 rings (SSSR count). The van der Waals surface area contributed by atoms with Crippen LogP contribution < -0.4 is 0 Å². The fraction of sp³-hybridized carbons (Fsp3) is 0.238. The van der Waals surface area contributed by atoms with Crippen LogP contribution in [0.3, 0.4) is 0 Å². The Morgan fingerprint density at radius 1 is 1.07 bits per heavy atom. The second kappa shape index (κ2) is 7.66. The topological polar surface area (TPSA) is 96.3 Å². The van der Waals surface area contributed by atoms with Crippen molar-refractivity contribution in [3.05, 3.63) is 75.5 Å². The second-order valence-electron chi connectivity index (χ2n) is 7.24. The fourth-order valence-corrected chi connectivity index (χ4v) is 3.82. The lowest BCUT2D eigenvalue weighted by Gasteiger charge is -2.31. The van der Waals surface area contributed by atoms with Crippen LogP contribution in [0.15, 0.2) is 42.6 Å². The number of aromatic amines is 1. The first kappa shape index (κ1) is 19.7. The van der Waals surface area contributed by atoms with Crippen LogP contribution in [0.1, 0.15) is 33.6 Å². The van der Waals surface area contributed by atoms with Gasteiger partial charge in [0.15, 0.2) is 5.78 Å². The third-order valence-electron chi connectivity index (χ3n) is 5.45. The lowest BCUT2D eigenvalue weighted by molar-refractivity contribution is -0.384. The quantitative estimate of drug-likeness (QED) is 0.396. The summed E-state index contributed by atoms with van der Waals surface area (Å²) in [6, 6.07) is 7.03. The lowest BCUT2D eigenvalue weighted by atomic mass is 9.88. The zero-order chi connectivity index (χ0) is 21.4. The Morgan fingerprint density at radius 3 is 2.50 bits per heavy atom. The molecule has 0 spiro atoms. The standard InChI is InChI=1S/C21H17F2N3O4/c22-13-1-3-18(23)16(9-13)20(27)12-5-7-25(8-6-12)21(28)17-11-24-19-4-2-14(26(29)30)10-15(17)19/h1-4,9-12,24H,5-8H2. The molecule has 9 heteroatoms. The first-order chi connectivity index (χ1) is 14.3. The van der Waals surface area contributed by atoms with Gasteiger partial charge < -0.3 is 9.88 Å². The number of H-pyrrole nitrogens is 1. The zero-order valence-electron chi connectivity index (χ0n) is 15.7. The van der Waals surface area contributed by atoms with Crippen molar-refractivity contribution in [1.82, 2.24) is 9.88 Å². The third kappa shape index (κ3) is 3.54. The number of hydrogen-bond donors (Lipinski definition) is 1. The highest BCUT2D eigenvalue weighted by Gasteiger charge is 2.30. The van der Waals surface area contributed by atoms with Crippen LogP contribution in [0, 0.1) is 27.7 Å². The van der Waals surface area contributed by atoms with Gasteiger partial charge in [-0.3, -0.25) is 19.7 Å². The number of nitrogens with one attached hydrogen (secondary N) is 1. The van der Waals surface area contributed by atoms with E-state index in [1.807, 2.05) is 0 Å². The molecule has 7 nitrogen and oxygen atoms in total. The molecule has 3 aromatic rings. The van der Waals surface area contributed by atoms with E-state index in [2.05, 4.69) is 4.98 Å². The number of aromatic nitrogens is 1. The van der Waals surface area contributed by atoms with Crippen LogP contribution in [0.5, 0.6) is 0 Å². The number of carbonyl (C=O) groups is 2. The van der Waals surface area contributed by atoms with E-state index in [0.717, 1.165) is 18.2 Å². The molecular weight excluding hydrogens is 396 g/mol. The van der Waals surface area contributed by atoms with Gasteiger partial charge in [-0.2, -0.15) is 0 Å². The Balaban J connectivity index is 1.49. The van der Waals surface area contributed by atoms with Crippen molar-refractivity contribution in [3.63, 3.8) is 0 Å². The van der Waals surface area contributed by atoms with E-state index < -0.39 is 28.3 Å². The van der Waals surface area contributed by atoms with Crippen molar-refractivity contribution in [2.75, 3.05) is 13.1 Å². The molecule has 0 unspecified atom stereocenters. The van der Waals surface area contributed by atoms with Gasteiger partial charge in [0.2, 0.25) is 0 Å². The molecule has 2 heterocycles. The van der Waals surface area contributed by atoms with Crippen LogP contribution in [0.2, 0.25) is 0 Å². The number of Topliss-reactive ketones (excluding diaryl/α,β-unsaturated/α-hetero) is 1. The molecule has 0 aliphatic carbocycles. The van der Waals surface area contributed by atoms with Crippen LogP contribution >= 0.6 is 0 Å². The van der Waals surface area contributed by atoms with Crippen LogP contribution in [0.25, 0.3) is 10.9 Å². The number of benzene rings is 2. The SMILES string of the molecule is O=C(c1cc(F)ccc1F)C1CCN(C(=O)c2c[nH]c3ccc([N+](=O)[O-])cc23)CC1. The third-order valence-corrected chi connectivity index (χ3v) is 5.45. The number of carbonyl (C=O) groups excluding carboxylic acids is 2. The summed E-state index contributed by atoms with van der Waals surface area (Å²) in [5.74, 6) is -2.72.